The number of hydrogen-bond donors (Lipinski definition) is 1. The van der Waals surface area contributed by atoms with Crippen LogP contribution in [0, 0.1) is 0 Å². The summed E-state index contributed by atoms with van der Waals surface area (Å²) in [6, 6.07) is 10.7. The highest BCUT2D eigenvalue weighted by molar-refractivity contribution is 7.13. The van der Waals surface area contributed by atoms with Gasteiger partial charge >= 0.3 is 6.18 Å². The maximum atomic E-state index is 13.5. The Kier molecular flexibility index (Phi) is 4.66. The summed E-state index contributed by atoms with van der Waals surface area (Å²) in [5, 5.41) is 7.98. The lowest BCUT2D eigenvalue weighted by Gasteiger charge is -2.09. The number of amides is 1. The van der Waals surface area contributed by atoms with Gasteiger partial charge in [0.25, 0.3) is 11.7 Å². The first-order chi connectivity index (χ1) is 13.8. The van der Waals surface area contributed by atoms with E-state index in [9.17, 15) is 18.0 Å². The van der Waals surface area contributed by atoms with Crippen molar-refractivity contribution < 1.29 is 22.7 Å². The van der Waals surface area contributed by atoms with E-state index in [-0.39, 0.29) is 11.5 Å². The van der Waals surface area contributed by atoms with Gasteiger partial charge in [-0.15, -0.1) is 16.4 Å². The highest BCUT2D eigenvalue weighted by Crippen LogP contribution is 2.33. The number of halogens is 3. The molecular formula is C18H12F3N5O2S. The van der Waals surface area contributed by atoms with Crippen LogP contribution in [0.4, 0.5) is 18.9 Å². The third-order valence-electron chi connectivity index (χ3n) is 3.93. The van der Waals surface area contributed by atoms with Gasteiger partial charge in [0.1, 0.15) is 5.75 Å². The number of nitrogens with one attached hydrogen (secondary N) is 1. The Morgan fingerprint density at radius 1 is 1.17 bits per heavy atom. The molecule has 0 aliphatic rings. The number of thiophene rings is 1. The second-order valence-corrected chi connectivity index (χ2v) is 6.78. The summed E-state index contributed by atoms with van der Waals surface area (Å²) >= 11 is 1.24. The molecule has 0 unspecified atom stereocenters. The third kappa shape index (κ3) is 3.76. The minimum absolute atomic E-state index is 0.106. The predicted molar refractivity (Wildman–Crippen MR) is 100 cm³/mol. The first-order valence-corrected chi connectivity index (χ1v) is 9.07. The molecule has 1 amide bonds. The Morgan fingerprint density at radius 3 is 2.55 bits per heavy atom. The van der Waals surface area contributed by atoms with E-state index < -0.39 is 23.6 Å². The highest BCUT2D eigenvalue weighted by Gasteiger charge is 2.36. The van der Waals surface area contributed by atoms with Crippen LogP contribution < -0.4 is 10.1 Å². The fraction of sp³-hybridized carbons (Fsp3) is 0.111. The SMILES string of the molecule is COc1ccc(NC(=O)c2nc3nc(-c4cccs4)cc(C(F)(F)F)n3n2)cc1. The number of aromatic nitrogens is 4. The van der Waals surface area contributed by atoms with E-state index in [4.69, 9.17) is 4.74 Å². The molecule has 4 rings (SSSR count). The van der Waals surface area contributed by atoms with Gasteiger partial charge in [-0.1, -0.05) is 6.07 Å². The Bertz CT molecular complexity index is 1170. The minimum atomic E-state index is -4.70. The molecule has 0 bridgehead atoms. The van der Waals surface area contributed by atoms with E-state index in [1.165, 1.54) is 18.4 Å². The van der Waals surface area contributed by atoms with Crippen LogP contribution in [0.15, 0.2) is 47.8 Å². The molecule has 0 atom stereocenters. The summed E-state index contributed by atoms with van der Waals surface area (Å²) in [5.41, 5.74) is -0.547. The maximum absolute atomic E-state index is 13.5. The number of carbonyl (C=O) groups is 1. The van der Waals surface area contributed by atoms with Crippen molar-refractivity contribution in [3.63, 3.8) is 0 Å². The Hall–Kier alpha value is -3.47. The Balaban J connectivity index is 1.73. The molecular weight excluding hydrogens is 407 g/mol. The number of rotatable bonds is 4. The number of nitrogens with zero attached hydrogens (tertiary/aromatic N) is 4. The molecule has 11 heteroatoms. The van der Waals surface area contributed by atoms with E-state index >= 15 is 0 Å². The van der Waals surface area contributed by atoms with Crippen LogP contribution in [0.1, 0.15) is 16.3 Å². The Morgan fingerprint density at radius 2 is 1.93 bits per heavy atom. The number of carbonyl (C=O) groups excluding carboxylic acids is 1. The molecule has 3 aromatic heterocycles. The standard InChI is InChI=1S/C18H12F3N5O2S/c1-28-11-6-4-10(5-7-11)22-16(27)15-24-17-23-12(13-3-2-8-29-13)9-14(18(19,20)21)26(17)25-15/h2-9H,1H3,(H,22,27). The zero-order valence-electron chi connectivity index (χ0n) is 14.8. The summed E-state index contributed by atoms with van der Waals surface area (Å²) in [6.07, 6.45) is -4.70. The van der Waals surface area contributed by atoms with Crippen LogP contribution in [-0.4, -0.2) is 32.6 Å². The largest absolute Gasteiger partial charge is 0.497 e. The molecule has 1 N–H and O–H groups in total. The number of alkyl halides is 3. The van der Waals surface area contributed by atoms with E-state index in [0.717, 1.165) is 6.07 Å². The van der Waals surface area contributed by atoms with Crippen molar-refractivity contribution in [2.45, 2.75) is 6.18 Å². The summed E-state index contributed by atoms with van der Waals surface area (Å²) < 4.78 is 46.2. The van der Waals surface area contributed by atoms with Gasteiger partial charge in [0.15, 0.2) is 5.69 Å². The van der Waals surface area contributed by atoms with Gasteiger partial charge in [-0.25, -0.2) is 4.98 Å². The van der Waals surface area contributed by atoms with E-state index in [0.29, 0.717) is 20.8 Å². The summed E-state index contributed by atoms with van der Waals surface area (Å²) in [6.45, 7) is 0. The van der Waals surface area contributed by atoms with Gasteiger partial charge in [0.05, 0.1) is 17.7 Å². The summed E-state index contributed by atoms with van der Waals surface area (Å²) in [4.78, 5) is 21.0. The molecule has 0 aliphatic heterocycles. The number of fused-ring (bicyclic) bond motifs is 1. The summed E-state index contributed by atoms with van der Waals surface area (Å²) in [7, 11) is 1.50. The minimum Gasteiger partial charge on any atom is -0.497 e. The molecule has 29 heavy (non-hydrogen) atoms. The molecule has 0 aliphatic carbocycles. The Labute approximate surface area is 165 Å². The van der Waals surface area contributed by atoms with Gasteiger partial charge in [0, 0.05) is 5.69 Å². The van der Waals surface area contributed by atoms with Crippen LogP contribution >= 0.6 is 11.3 Å². The molecule has 0 saturated carbocycles. The van der Waals surface area contributed by atoms with Gasteiger partial charge < -0.3 is 10.1 Å². The number of anilines is 1. The first kappa shape index (κ1) is 18.9. The lowest BCUT2D eigenvalue weighted by Crippen LogP contribution is -2.16. The smallest absolute Gasteiger partial charge is 0.433 e. The first-order valence-electron chi connectivity index (χ1n) is 8.19. The van der Waals surface area contributed by atoms with Gasteiger partial charge in [-0.05, 0) is 41.8 Å². The zero-order chi connectivity index (χ0) is 20.6. The molecule has 4 aromatic rings. The topological polar surface area (TPSA) is 81.4 Å². The maximum Gasteiger partial charge on any atom is 0.433 e. The van der Waals surface area contributed by atoms with E-state index in [1.54, 1.807) is 41.8 Å². The van der Waals surface area contributed by atoms with Gasteiger partial charge in [0.2, 0.25) is 5.82 Å². The van der Waals surface area contributed by atoms with Crippen molar-refractivity contribution in [1.82, 2.24) is 19.6 Å². The number of ether oxygens (including phenoxy) is 1. The quantitative estimate of drug-likeness (QED) is 0.538. The average Bonchev–Trinajstić information content (AvgIpc) is 3.36. The monoisotopic (exact) mass is 419 g/mol. The zero-order valence-corrected chi connectivity index (χ0v) is 15.6. The second kappa shape index (κ2) is 7.17. The van der Waals surface area contributed by atoms with Crippen molar-refractivity contribution in [2.75, 3.05) is 12.4 Å². The fourth-order valence-electron chi connectivity index (χ4n) is 2.58. The fourth-order valence-corrected chi connectivity index (χ4v) is 3.26. The molecule has 7 nitrogen and oxygen atoms in total. The number of benzene rings is 1. The lowest BCUT2D eigenvalue weighted by atomic mass is 10.3. The molecule has 1 aromatic carbocycles. The van der Waals surface area contributed by atoms with Crippen LogP contribution in [-0.2, 0) is 6.18 Å². The van der Waals surface area contributed by atoms with E-state index in [1.807, 2.05) is 0 Å². The third-order valence-corrected chi connectivity index (χ3v) is 4.82. The van der Waals surface area contributed by atoms with Crippen molar-refractivity contribution in [3.05, 3.63) is 59.4 Å². The molecule has 0 radical (unpaired) electrons. The second-order valence-electron chi connectivity index (χ2n) is 5.83. The predicted octanol–water partition coefficient (Wildman–Crippen LogP) is 4.13. The van der Waals surface area contributed by atoms with E-state index in [2.05, 4.69) is 20.4 Å². The number of methoxy groups -OCH3 is 1. The van der Waals surface area contributed by atoms with Gasteiger partial charge in [-0.3, -0.25) is 4.79 Å². The summed E-state index contributed by atoms with van der Waals surface area (Å²) in [5.74, 6) is -0.911. The van der Waals surface area contributed by atoms with Crippen molar-refractivity contribution >= 4 is 28.7 Å². The van der Waals surface area contributed by atoms with Crippen LogP contribution in [0.3, 0.4) is 0 Å². The normalized spacial score (nSPS) is 11.6. The van der Waals surface area contributed by atoms with Crippen molar-refractivity contribution in [3.8, 4) is 16.3 Å². The molecule has 0 saturated heterocycles. The van der Waals surface area contributed by atoms with Crippen molar-refractivity contribution in [1.29, 1.82) is 0 Å². The van der Waals surface area contributed by atoms with Gasteiger partial charge in [-0.2, -0.15) is 22.7 Å². The van der Waals surface area contributed by atoms with Crippen LogP contribution in [0.2, 0.25) is 0 Å². The van der Waals surface area contributed by atoms with Crippen LogP contribution in [0.25, 0.3) is 16.3 Å². The molecule has 0 fully saturated rings. The highest BCUT2D eigenvalue weighted by atomic mass is 32.1. The lowest BCUT2D eigenvalue weighted by molar-refractivity contribution is -0.142. The molecule has 0 spiro atoms. The molecule has 148 valence electrons. The molecule has 3 heterocycles. The average molecular weight is 419 g/mol. The number of hydrogen-bond acceptors (Lipinski definition) is 6. The van der Waals surface area contributed by atoms with Crippen LogP contribution in [0.5, 0.6) is 5.75 Å². The van der Waals surface area contributed by atoms with Crippen molar-refractivity contribution in [2.24, 2.45) is 0 Å².